The number of hydrogen-bond acceptors (Lipinski definition) is 4. The van der Waals surface area contributed by atoms with Gasteiger partial charge in [0.25, 0.3) is 0 Å². The van der Waals surface area contributed by atoms with Gasteiger partial charge in [0.1, 0.15) is 5.60 Å². The molecule has 1 aliphatic rings. The van der Waals surface area contributed by atoms with Crippen molar-refractivity contribution in [3.05, 3.63) is 11.8 Å². The quantitative estimate of drug-likeness (QED) is 0.739. The van der Waals surface area contributed by atoms with E-state index >= 15 is 0 Å². The molecule has 1 rings (SSSR count). The maximum absolute atomic E-state index is 12.0. The molecule has 1 unspecified atom stereocenters. The van der Waals surface area contributed by atoms with E-state index in [0.29, 0.717) is 18.7 Å². The zero-order valence-electron chi connectivity index (χ0n) is 12.4. The van der Waals surface area contributed by atoms with E-state index in [-0.39, 0.29) is 11.9 Å². The molecular weight excluding hydrogens is 246 g/mol. The molecule has 0 aromatic rings. The average molecular weight is 269 g/mol. The van der Waals surface area contributed by atoms with Crippen molar-refractivity contribution in [1.82, 2.24) is 4.90 Å². The highest BCUT2D eigenvalue weighted by Gasteiger charge is 2.33. The second-order valence-electron chi connectivity index (χ2n) is 5.54. The molecule has 0 aromatic carbocycles. The number of nitrogens with zero attached hydrogens (tertiary/aromatic N) is 1. The van der Waals surface area contributed by atoms with Gasteiger partial charge in [0.05, 0.1) is 12.2 Å². The second-order valence-corrected chi connectivity index (χ2v) is 5.54. The number of carbonyl (C=O) groups is 2. The minimum absolute atomic E-state index is 0.0200. The molecule has 0 bridgehead atoms. The van der Waals surface area contributed by atoms with Gasteiger partial charge in [-0.1, -0.05) is 6.92 Å². The summed E-state index contributed by atoms with van der Waals surface area (Å²) in [5.74, 6) is -0.327. The molecule has 0 saturated carbocycles. The minimum atomic E-state index is -0.542. The van der Waals surface area contributed by atoms with Crippen molar-refractivity contribution in [3.63, 3.8) is 0 Å². The fourth-order valence-electron chi connectivity index (χ4n) is 1.89. The monoisotopic (exact) mass is 269 g/mol. The first kappa shape index (κ1) is 15.5. The van der Waals surface area contributed by atoms with Crippen LogP contribution < -0.4 is 0 Å². The van der Waals surface area contributed by atoms with Gasteiger partial charge in [-0.05, 0) is 34.1 Å². The first-order valence-corrected chi connectivity index (χ1v) is 6.67. The van der Waals surface area contributed by atoms with Crippen LogP contribution in [0.25, 0.3) is 0 Å². The predicted octanol–water partition coefficient (Wildman–Crippen LogP) is 2.71. The van der Waals surface area contributed by atoms with Crippen molar-refractivity contribution in [1.29, 1.82) is 0 Å². The van der Waals surface area contributed by atoms with Crippen molar-refractivity contribution in [3.8, 4) is 0 Å². The molecule has 1 amide bonds. The van der Waals surface area contributed by atoms with E-state index in [1.807, 2.05) is 27.7 Å². The Labute approximate surface area is 114 Å². The molecule has 0 spiro atoms. The molecule has 5 heteroatoms. The molecule has 0 saturated heterocycles. The number of carbonyl (C=O) groups excluding carboxylic acids is 2. The summed E-state index contributed by atoms with van der Waals surface area (Å²) in [7, 11) is 0. The molecule has 0 radical (unpaired) electrons. The number of hydrogen-bond donors (Lipinski definition) is 0. The SMILES string of the molecule is CCOC(=O)C1=CN(C(=O)OC(C)(C)C)CC1CC. The Kier molecular flexibility index (Phi) is 4.97. The summed E-state index contributed by atoms with van der Waals surface area (Å²) in [6.45, 7) is 9.99. The van der Waals surface area contributed by atoms with E-state index in [2.05, 4.69) is 0 Å². The molecule has 0 aliphatic carbocycles. The molecule has 1 atom stereocenters. The number of amides is 1. The molecule has 0 aromatic heterocycles. The van der Waals surface area contributed by atoms with E-state index in [4.69, 9.17) is 9.47 Å². The van der Waals surface area contributed by atoms with Crippen LogP contribution in [0.1, 0.15) is 41.0 Å². The Morgan fingerprint density at radius 2 is 2.00 bits per heavy atom. The van der Waals surface area contributed by atoms with Crippen LogP contribution in [0.5, 0.6) is 0 Å². The van der Waals surface area contributed by atoms with Crippen molar-refractivity contribution < 1.29 is 19.1 Å². The third kappa shape index (κ3) is 4.26. The smallest absolute Gasteiger partial charge is 0.414 e. The van der Waals surface area contributed by atoms with Gasteiger partial charge in [0, 0.05) is 18.7 Å². The Morgan fingerprint density at radius 1 is 1.37 bits per heavy atom. The highest BCUT2D eigenvalue weighted by atomic mass is 16.6. The number of rotatable bonds is 3. The van der Waals surface area contributed by atoms with Gasteiger partial charge in [-0.3, -0.25) is 4.90 Å². The van der Waals surface area contributed by atoms with Gasteiger partial charge < -0.3 is 9.47 Å². The highest BCUT2D eigenvalue weighted by molar-refractivity contribution is 5.90. The first-order valence-electron chi connectivity index (χ1n) is 6.67. The van der Waals surface area contributed by atoms with Crippen LogP contribution in [-0.4, -0.2) is 35.7 Å². The lowest BCUT2D eigenvalue weighted by molar-refractivity contribution is -0.139. The molecule has 0 fully saturated rings. The van der Waals surface area contributed by atoms with Crippen molar-refractivity contribution >= 4 is 12.1 Å². The minimum Gasteiger partial charge on any atom is -0.463 e. The number of ether oxygens (including phenoxy) is 2. The van der Waals surface area contributed by atoms with Gasteiger partial charge in [-0.25, -0.2) is 9.59 Å². The average Bonchev–Trinajstić information content (AvgIpc) is 2.71. The van der Waals surface area contributed by atoms with E-state index in [0.717, 1.165) is 6.42 Å². The topological polar surface area (TPSA) is 55.8 Å². The zero-order valence-corrected chi connectivity index (χ0v) is 12.4. The fraction of sp³-hybridized carbons (Fsp3) is 0.714. The third-order valence-electron chi connectivity index (χ3n) is 2.78. The summed E-state index contributed by atoms with van der Waals surface area (Å²) < 4.78 is 10.3. The maximum atomic E-state index is 12.0. The van der Waals surface area contributed by atoms with Gasteiger partial charge in [-0.2, -0.15) is 0 Å². The first-order chi connectivity index (χ1) is 8.78. The van der Waals surface area contributed by atoms with Crippen molar-refractivity contribution in [2.75, 3.05) is 13.2 Å². The molecule has 1 aliphatic heterocycles. The van der Waals surface area contributed by atoms with E-state index in [1.165, 1.54) is 4.90 Å². The lowest BCUT2D eigenvalue weighted by Crippen LogP contribution is -2.33. The lowest BCUT2D eigenvalue weighted by Gasteiger charge is -2.23. The summed E-state index contributed by atoms with van der Waals surface area (Å²) in [6.07, 6.45) is 1.91. The standard InChI is InChI=1S/C14H23NO4/c1-6-10-8-15(13(17)19-14(3,4)5)9-11(10)12(16)18-7-2/h9-10H,6-8H2,1-5H3. The predicted molar refractivity (Wildman–Crippen MR) is 71.4 cm³/mol. The largest absolute Gasteiger partial charge is 0.463 e. The third-order valence-corrected chi connectivity index (χ3v) is 2.78. The Morgan fingerprint density at radius 3 is 2.47 bits per heavy atom. The Bertz CT molecular complexity index is 381. The van der Waals surface area contributed by atoms with E-state index < -0.39 is 11.7 Å². The van der Waals surface area contributed by atoms with Crippen LogP contribution in [0.15, 0.2) is 11.8 Å². The Hall–Kier alpha value is -1.52. The maximum Gasteiger partial charge on any atom is 0.414 e. The summed E-state index contributed by atoms with van der Waals surface area (Å²) in [4.78, 5) is 25.2. The van der Waals surface area contributed by atoms with E-state index in [9.17, 15) is 9.59 Å². The van der Waals surface area contributed by atoms with Crippen LogP contribution >= 0.6 is 0 Å². The molecule has 108 valence electrons. The Balaban J connectivity index is 2.78. The fourth-order valence-corrected chi connectivity index (χ4v) is 1.89. The normalized spacial score (nSPS) is 19.1. The van der Waals surface area contributed by atoms with E-state index in [1.54, 1.807) is 13.1 Å². The molecule has 5 nitrogen and oxygen atoms in total. The van der Waals surface area contributed by atoms with Gasteiger partial charge in [-0.15, -0.1) is 0 Å². The summed E-state index contributed by atoms with van der Waals surface area (Å²) in [5.41, 5.74) is 0.00877. The van der Waals surface area contributed by atoms with Crippen LogP contribution in [0.3, 0.4) is 0 Å². The summed E-state index contributed by atoms with van der Waals surface area (Å²) in [5, 5.41) is 0. The van der Waals surface area contributed by atoms with Gasteiger partial charge in [0.2, 0.25) is 0 Å². The highest BCUT2D eigenvalue weighted by Crippen LogP contribution is 2.27. The lowest BCUT2D eigenvalue weighted by atomic mass is 10.00. The van der Waals surface area contributed by atoms with Crippen LogP contribution in [0.2, 0.25) is 0 Å². The van der Waals surface area contributed by atoms with Gasteiger partial charge >= 0.3 is 12.1 Å². The second kappa shape index (κ2) is 6.08. The molecule has 1 heterocycles. The summed E-state index contributed by atoms with van der Waals surface area (Å²) >= 11 is 0. The van der Waals surface area contributed by atoms with Crippen LogP contribution in [0.4, 0.5) is 4.79 Å². The van der Waals surface area contributed by atoms with Crippen molar-refractivity contribution in [2.45, 2.75) is 46.6 Å². The van der Waals surface area contributed by atoms with Crippen LogP contribution in [0, 0.1) is 5.92 Å². The molecule has 19 heavy (non-hydrogen) atoms. The summed E-state index contributed by atoms with van der Waals surface area (Å²) in [6, 6.07) is 0. The molecular formula is C14H23NO4. The number of esters is 1. The van der Waals surface area contributed by atoms with Crippen LogP contribution in [-0.2, 0) is 14.3 Å². The van der Waals surface area contributed by atoms with Crippen molar-refractivity contribution in [2.24, 2.45) is 5.92 Å². The zero-order chi connectivity index (χ0) is 14.6. The van der Waals surface area contributed by atoms with Gasteiger partial charge in [0.15, 0.2) is 0 Å². The molecule has 0 N–H and O–H groups in total.